The third-order valence-corrected chi connectivity index (χ3v) is 3.54. The molecule has 0 amide bonds. The van der Waals surface area contributed by atoms with Crippen LogP contribution in [0.5, 0.6) is 11.5 Å². The lowest BCUT2D eigenvalue weighted by Crippen LogP contribution is -2.02. The van der Waals surface area contributed by atoms with Crippen molar-refractivity contribution in [2.75, 3.05) is 25.6 Å². The Kier molecular flexibility index (Phi) is 6.76. The van der Waals surface area contributed by atoms with Crippen LogP contribution >= 0.6 is 0 Å². The number of hydrogen-bond donors (Lipinski definition) is 2. The lowest BCUT2D eigenvalue weighted by molar-refractivity contribution is 0.294. The van der Waals surface area contributed by atoms with Gasteiger partial charge in [0.05, 0.1) is 13.7 Å². The van der Waals surface area contributed by atoms with E-state index in [1.807, 2.05) is 42.5 Å². The van der Waals surface area contributed by atoms with Crippen LogP contribution in [0.3, 0.4) is 0 Å². The Balaban J connectivity index is 1.97. The van der Waals surface area contributed by atoms with Crippen LogP contribution in [0.1, 0.15) is 24.5 Å². The van der Waals surface area contributed by atoms with Gasteiger partial charge in [-0.1, -0.05) is 25.1 Å². The molecule has 0 saturated heterocycles. The van der Waals surface area contributed by atoms with E-state index >= 15 is 0 Å². The summed E-state index contributed by atoms with van der Waals surface area (Å²) in [5, 5.41) is 12.3. The molecule has 0 fully saturated rings. The fourth-order valence-electron chi connectivity index (χ4n) is 2.28. The molecule has 2 rings (SSSR count). The second-order valence-corrected chi connectivity index (χ2v) is 5.36. The summed E-state index contributed by atoms with van der Waals surface area (Å²) in [6, 6.07) is 14.1. The first-order chi connectivity index (χ1) is 11.3. The van der Waals surface area contributed by atoms with Gasteiger partial charge in [-0.05, 0) is 48.2 Å². The van der Waals surface area contributed by atoms with E-state index in [4.69, 9.17) is 14.6 Å². The summed E-state index contributed by atoms with van der Waals surface area (Å²) in [6.45, 7) is 3.66. The second-order valence-electron chi connectivity index (χ2n) is 5.36. The van der Waals surface area contributed by atoms with Crippen molar-refractivity contribution >= 4 is 5.69 Å². The van der Waals surface area contributed by atoms with Gasteiger partial charge in [0, 0.05) is 18.8 Å². The van der Waals surface area contributed by atoms with Gasteiger partial charge in [0.15, 0.2) is 11.5 Å². The lowest BCUT2D eigenvalue weighted by Gasteiger charge is -2.12. The fraction of sp³-hybridized carbons (Fsp3) is 0.368. The Morgan fingerprint density at radius 2 is 1.74 bits per heavy atom. The first-order valence-corrected chi connectivity index (χ1v) is 8.00. The summed E-state index contributed by atoms with van der Waals surface area (Å²) in [7, 11) is 1.66. The minimum absolute atomic E-state index is 0.180. The summed E-state index contributed by atoms with van der Waals surface area (Å²) in [6.07, 6.45) is 1.66. The van der Waals surface area contributed by atoms with Gasteiger partial charge in [-0.3, -0.25) is 0 Å². The van der Waals surface area contributed by atoms with E-state index in [2.05, 4.69) is 12.2 Å². The number of anilines is 1. The van der Waals surface area contributed by atoms with E-state index < -0.39 is 0 Å². The fourth-order valence-corrected chi connectivity index (χ4v) is 2.28. The van der Waals surface area contributed by atoms with Crippen molar-refractivity contribution in [3.05, 3.63) is 53.6 Å². The third-order valence-electron chi connectivity index (χ3n) is 3.54. The molecule has 4 heteroatoms. The van der Waals surface area contributed by atoms with Gasteiger partial charge in [0.1, 0.15) is 0 Å². The standard InChI is InChI=1S/C19H25NO3/c1-3-12-23-18-9-6-16(13-19(18)22-2)14-20-17-7-4-15(5-8-17)10-11-21/h4-9,13,20-21H,3,10-12,14H2,1-2H3. The maximum absolute atomic E-state index is 8.93. The molecule has 0 aliphatic rings. The van der Waals surface area contributed by atoms with Gasteiger partial charge >= 0.3 is 0 Å². The Morgan fingerprint density at radius 3 is 2.39 bits per heavy atom. The van der Waals surface area contributed by atoms with Crippen molar-refractivity contribution in [1.29, 1.82) is 0 Å². The van der Waals surface area contributed by atoms with E-state index in [0.717, 1.165) is 34.7 Å². The Hall–Kier alpha value is -2.20. The number of benzene rings is 2. The Bertz CT molecular complexity index is 596. The molecule has 0 aliphatic heterocycles. The van der Waals surface area contributed by atoms with Crippen LogP contribution in [0.15, 0.2) is 42.5 Å². The monoisotopic (exact) mass is 315 g/mol. The molecule has 0 unspecified atom stereocenters. The maximum atomic E-state index is 8.93. The molecule has 2 N–H and O–H groups in total. The molecule has 0 aromatic heterocycles. The molecule has 4 nitrogen and oxygen atoms in total. The van der Waals surface area contributed by atoms with E-state index in [0.29, 0.717) is 19.6 Å². The third kappa shape index (κ3) is 5.18. The average molecular weight is 315 g/mol. The molecule has 0 bridgehead atoms. The van der Waals surface area contributed by atoms with Crippen molar-refractivity contribution in [2.45, 2.75) is 26.3 Å². The summed E-state index contributed by atoms with van der Waals surface area (Å²) >= 11 is 0. The first-order valence-electron chi connectivity index (χ1n) is 8.00. The van der Waals surface area contributed by atoms with Crippen molar-refractivity contribution in [3.8, 4) is 11.5 Å². The quantitative estimate of drug-likeness (QED) is 0.742. The van der Waals surface area contributed by atoms with Gasteiger partial charge in [0.25, 0.3) is 0 Å². The Labute approximate surface area is 138 Å². The molecule has 124 valence electrons. The van der Waals surface area contributed by atoms with Crippen LogP contribution in [0.25, 0.3) is 0 Å². The number of aliphatic hydroxyl groups excluding tert-OH is 1. The summed E-state index contributed by atoms with van der Waals surface area (Å²) < 4.78 is 11.1. The largest absolute Gasteiger partial charge is 0.493 e. The highest BCUT2D eigenvalue weighted by Crippen LogP contribution is 2.28. The minimum atomic E-state index is 0.180. The van der Waals surface area contributed by atoms with Crippen LogP contribution in [0.2, 0.25) is 0 Å². The van der Waals surface area contributed by atoms with Gasteiger partial charge in [-0.15, -0.1) is 0 Å². The highest BCUT2D eigenvalue weighted by molar-refractivity contribution is 5.47. The molecule has 2 aromatic rings. The SMILES string of the molecule is CCCOc1ccc(CNc2ccc(CCO)cc2)cc1OC. The van der Waals surface area contributed by atoms with E-state index in [1.165, 1.54) is 0 Å². The van der Waals surface area contributed by atoms with Gasteiger partial charge in [-0.25, -0.2) is 0 Å². The van der Waals surface area contributed by atoms with E-state index in [9.17, 15) is 0 Å². The molecule has 0 heterocycles. The van der Waals surface area contributed by atoms with Crippen LogP contribution in [0, 0.1) is 0 Å². The number of nitrogens with one attached hydrogen (secondary N) is 1. The van der Waals surface area contributed by atoms with E-state index in [1.54, 1.807) is 7.11 Å². The molecule has 23 heavy (non-hydrogen) atoms. The van der Waals surface area contributed by atoms with Crippen LogP contribution in [-0.2, 0) is 13.0 Å². The molecule has 0 aliphatic carbocycles. The Morgan fingerprint density at radius 1 is 1.00 bits per heavy atom. The molecule has 2 aromatic carbocycles. The number of aliphatic hydroxyl groups is 1. The van der Waals surface area contributed by atoms with Gasteiger partial charge in [-0.2, -0.15) is 0 Å². The van der Waals surface area contributed by atoms with E-state index in [-0.39, 0.29) is 6.61 Å². The predicted molar refractivity (Wildman–Crippen MR) is 93.3 cm³/mol. The molecule has 0 radical (unpaired) electrons. The van der Waals surface area contributed by atoms with Crippen LogP contribution in [0.4, 0.5) is 5.69 Å². The number of methoxy groups -OCH3 is 1. The summed E-state index contributed by atoms with van der Waals surface area (Å²) in [4.78, 5) is 0. The summed E-state index contributed by atoms with van der Waals surface area (Å²) in [5.41, 5.74) is 3.32. The highest BCUT2D eigenvalue weighted by Gasteiger charge is 2.05. The number of hydrogen-bond acceptors (Lipinski definition) is 4. The number of ether oxygens (including phenoxy) is 2. The first kappa shape index (κ1) is 17.2. The smallest absolute Gasteiger partial charge is 0.161 e. The minimum Gasteiger partial charge on any atom is -0.493 e. The van der Waals surface area contributed by atoms with Crippen LogP contribution < -0.4 is 14.8 Å². The molecular formula is C19H25NO3. The average Bonchev–Trinajstić information content (AvgIpc) is 2.60. The zero-order chi connectivity index (χ0) is 16.5. The molecule has 0 spiro atoms. The number of rotatable bonds is 9. The lowest BCUT2D eigenvalue weighted by atomic mass is 10.1. The molecular weight excluding hydrogens is 290 g/mol. The van der Waals surface area contributed by atoms with Crippen molar-refractivity contribution in [3.63, 3.8) is 0 Å². The van der Waals surface area contributed by atoms with Crippen molar-refractivity contribution < 1.29 is 14.6 Å². The maximum Gasteiger partial charge on any atom is 0.161 e. The summed E-state index contributed by atoms with van der Waals surface area (Å²) in [5.74, 6) is 1.54. The van der Waals surface area contributed by atoms with Gasteiger partial charge < -0.3 is 19.9 Å². The molecule has 0 saturated carbocycles. The topological polar surface area (TPSA) is 50.7 Å². The highest BCUT2D eigenvalue weighted by atomic mass is 16.5. The zero-order valence-electron chi connectivity index (χ0n) is 13.8. The zero-order valence-corrected chi connectivity index (χ0v) is 13.8. The van der Waals surface area contributed by atoms with Crippen molar-refractivity contribution in [2.24, 2.45) is 0 Å². The predicted octanol–water partition coefficient (Wildman–Crippen LogP) is 3.63. The van der Waals surface area contributed by atoms with Crippen LogP contribution in [-0.4, -0.2) is 25.4 Å². The van der Waals surface area contributed by atoms with Crippen molar-refractivity contribution in [1.82, 2.24) is 0 Å². The van der Waals surface area contributed by atoms with Gasteiger partial charge in [0.2, 0.25) is 0 Å². The second kappa shape index (κ2) is 9.06. The molecule has 0 atom stereocenters. The normalized spacial score (nSPS) is 10.4.